The molecule has 0 bridgehead atoms. The molecular formula is C10H11N3O3S2. The van der Waals surface area contributed by atoms with E-state index in [1.54, 1.807) is 11.3 Å². The fourth-order valence-electron chi connectivity index (χ4n) is 1.77. The van der Waals surface area contributed by atoms with Gasteiger partial charge >= 0.3 is 0 Å². The summed E-state index contributed by atoms with van der Waals surface area (Å²) in [7, 11) is -3.10. The SMILES string of the molecule is CS(=O)(=O)N1CC(c2nc(-c3cccs3)no2)C1. The van der Waals surface area contributed by atoms with Crippen molar-refractivity contribution in [2.75, 3.05) is 19.3 Å². The second-order valence-corrected chi connectivity index (χ2v) is 7.14. The molecule has 1 aliphatic heterocycles. The Morgan fingerprint density at radius 2 is 2.28 bits per heavy atom. The second-order valence-electron chi connectivity index (χ2n) is 4.21. The van der Waals surface area contributed by atoms with Crippen molar-refractivity contribution in [1.82, 2.24) is 14.4 Å². The third-order valence-corrected chi connectivity index (χ3v) is 4.95. The van der Waals surface area contributed by atoms with E-state index in [0.717, 1.165) is 4.88 Å². The zero-order valence-corrected chi connectivity index (χ0v) is 11.2. The monoisotopic (exact) mass is 285 g/mol. The van der Waals surface area contributed by atoms with Gasteiger partial charge in [0.2, 0.25) is 21.7 Å². The lowest BCUT2D eigenvalue weighted by Gasteiger charge is -2.34. The van der Waals surface area contributed by atoms with E-state index in [4.69, 9.17) is 4.52 Å². The summed E-state index contributed by atoms with van der Waals surface area (Å²) in [6.45, 7) is 0.843. The van der Waals surface area contributed by atoms with Crippen LogP contribution in [0.25, 0.3) is 10.7 Å². The van der Waals surface area contributed by atoms with Crippen LogP contribution in [0.1, 0.15) is 11.8 Å². The van der Waals surface area contributed by atoms with Crippen molar-refractivity contribution in [1.29, 1.82) is 0 Å². The first kappa shape index (κ1) is 11.8. The van der Waals surface area contributed by atoms with E-state index in [1.807, 2.05) is 17.5 Å². The van der Waals surface area contributed by atoms with E-state index < -0.39 is 10.0 Å². The molecule has 0 saturated carbocycles. The Bertz CT molecular complexity index is 642. The number of hydrogen-bond acceptors (Lipinski definition) is 6. The van der Waals surface area contributed by atoms with Gasteiger partial charge in [-0.3, -0.25) is 0 Å². The van der Waals surface area contributed by atoms with E-state index in [9.17, 15) is 8.42 Å². The van der Waals surface area contributed by atoms with Crippen molar-refractivity contribution in [3.8, 4) is 10.7 Å². The molecule has 6 nitrogen and oxygen atoms in total. The Morgan fingerprint density at radius 3 is 2.89 bits per heavy atom. The summed E-state index contributed by atoms with van der Waals surface area (Å²) < 4.78 is 29.1. The van der Waals surface area contributed by atoms with Crippen molar-refractivity contribution in [2.45, 2.75) is 5.92 Å². The van der Waals surface area contributed by atoms with Crippen LogP contribution in [0, 0.1) is 0 Å². The van der Waals surface area contributed by atoms with Gasteiger partial charge in [0.15, 0.2) is 0 Å². The maximum Gasteiger partial charge on any atom is 0.232 e. The van der Waals surface area contributed by atoms with Crippen LogP contribution in [0.5, 0.6) is 0 Å². The number of rotatable bonds is 3. The summed E-state index contributed by atoms with van der Waals surface area (Å²) in [6, 6.07) is 3.84. The van der Waals surface area contributed by atoms with Crippen LogP contribution in [0.2, 0.25) is 0 Å². The maximum atomic E-state index is 11.2. The van der Waals surface area contributed by atoms with Gasteiger partial charge in [0.05, 0.1) is 17.1 Å². The van der Waals surface area contributed by atoms with Crippen molar-refractivity contribution >= 4 is 21.4 Å². The van der Waals surface area contributed by atoms with E-state index in [-0.39, 0.29) is 5.92 Å². The molecule has 3 rings (SSSR count). The summed E-state index contributed by atoms with van der Waals surface area (Å²) in [5, 5.41) is 5.85. The molecule has 0 N–H and O–H groups in total. The van der Waals surface area contributed by atoms with Gasteiger partial charge in [0.25, 0.3) is 0 Å². The summed E-state index contributed by atoms with van der Waals surface area (Å²) in [5.41, 5.74) is 0. The quantitative estimate of drug-likeness (QED) is 0.845. The lowest BCUT2D eigenvalue weighted by Crippen LogP contribution is -2.47. The predicted molar refractivity (Wildman–Crippen MR) is 66.8 cm³/mol. The Balaban J connectivity index is 1.73. The molecule has 2 aromatic rings. The second kappa shape index (κ2) is 4.15. The van der Waals surface area contributed by atoms with Gasteiger partial charge in [-0.25, -0.2) is 12.7 Å². The normalized spacial score (nSPS) is 17.8. The lowest BCUT2D eigenvalue weighted by atomic mass is 10.0. The van der Waals surface area contributed by atoms with Crippen molar-refractivity contribution in [3.05, 3.63) is 23.4 Å². The molecule has 0 unspecified atom stereocenters. The van der Waals surface area contributed by atoms with Crippen LogP contribution >= 0.6 is 11.3 Å². The average Bonchev–Trinajstić information content (AvgIpc) is 2.80. The standard InChI is InChI=1S/C10H11N3O3S2/c1-18(14,15)13-5-7(6-13)10-11-9(12-16-10)8-3-2-4-17-8/h2-4,7H,5-6H2,1H3. The minimum atomic E-state index is -3.10. The molecule has 18 heavy (non-hydrogen) atoms. The van der Waals surface area contributed by atoms with Crippen molar-refractivity contribution in [3.63, 3.8) is 0 Å². The highest BCUT2D eigenvalue weighted by molar-refractivity contribution is 7.88. The van der Waals surface area contributed by atoms with Crippen molar-refractivity contribution < 1.29 is 12.9 Å². The van der Waals surface area contributed by atoms with Crippen LogP contribution in [0.15, 0.2) is 22.0 Å². The fourth-order valence-corrected chi connectivity index (χ4v) is 3.32. The molecule has 3 heterocycles. The number of sulfonamides is 1. The van der Waals surface area contributed by atoms with Gasteiger partial charge in [-0.05, 0) is 11.4 Å². The van der Waals surface area contributed by atoms with Crippen LogP contribution in [0.3, 0.4) is 0 Å². The van der Waals surface area contributed by atoms with Gasteiger partial charge in [0.1, 0.15) is 0 Å². The molecular weight excluding hydrogens is 274 g/mol. The summed E-state index contributed by atoms with van der Waals surface area (Å²) in [5.74, 6) is 1.09. The highest BCUT2D eigenvalue weighted by Crippen LogP contribution is 2.30. The first-order valence-electron chi connectivity index (χ1n) is 5.36. The van der Waals surface area contributed by atoms with E-state index in [2.05, 4.69) is 10.1 Å². The summed E-state index contributed by atoms with van der Waals surface area (Å²) in [4.78, 5) is 5.25. The van der Waals surface area contributed by atoms with E-state index >= 15 is 0 Å². The largest absolute Gasteiger partial charge is 0.339 e. The van der Waals surface area contributed by atoms with Gasteiger partial charge in [-0.1, -0.05) is 11.2 Å². The summed E-state index contributed by atoms with van der Waals surface area (Å²) >= 11 is 1.54. The predicted octanol–water partition coefficient (Wildman–Crippen LogP) is 1.16. The minimum Gasteiger partial charge on any atom is -0.339 e. The topological polar surface area (TPSA) is 76.3 Å². The van der Waals surface area contributed by atoms with Crippen LogP contribution in [0.4, 0.5) is 0 Å². The van der Waals surface area contributed by atoms with Crippen LogP contribution in [-0.2, 0) is 10.0 Å². The number of aromatic nitrogens is 2. The van der Waals surface area contributed by atoms with Gasteiger partial charge in [0, 0.05) is 13.1 Å². The number of thiophene rings is 1. The minimum absolute atomic E-state index is 0.0148. The maximum absolute atomic E-state index is 11.2. The Hall–Kier alpha value is -1.25. The summed E-state index contributed by atoms with van der Waals surface area (Å²) in [6.07, 6.45) is 1.20. The first-order valence-corrected chi connectivity index (χ1v) is 8.09. The number of hydrogen-bond donors (Lipinski definition) is 0. The molecule has 0 spiro atoms. The highest BCUT2D eigenvalue weighted by atomic mass is 32.2. The molecule has 8 heteroatoms. The fraction of sp³-hybridized carbons (Fsp3) is 0.400. The Kier molecular flexibility index (Phi) is 2.72. The smallest absolute Gasteiger partial charge is 0.232 e. The molecule has 0 aromatic carbocycles. The van der Waals surface area contributed by atoms with Crippen LogP contribution < -0.4 is 0 Å². The first-order chi connectivity index (χ1) is 8.54. The number of nitrogens with zero attached hydrogens (tertiary/aromatic N) is 3. The lowest BCUT2D eigenvalue weighted by molar-refractivity contribution is 0.218. The van der Waals surface area contributed by atoms with Crippen molar-refractivity contribution in [2.24, 2.45) is 0 Å². The third-order valence-electron chi connectivity index (χ3n) is 2.85. The molecule has 0 amide bonds. The molecule has 1 aliphatic rings. The van der Waals surface area contributed by atoms with Crippen LogP contribution in [-0.4, -0.2) is 42.2 Å². The van der Waals surface area contributed by atoms with E-state index in [0.29, 0.717) is 24.8 Å². The molecule has 96 valence electrons. The van der Waals surface area contributed by atoms with E-state index in [1.165, 1.54) is 10.6 Å². The highest BCUT2D eigenvalue weighted by Gasteiger charge is 2.37. The molecule has 0 aliphatic carbocycles. The molecule has 1 saturated heterocycles. The molecule has 1 fully saturated rings. The Labute approximate surface area is 108 Å². The molecule has 2 aromatic heterocycles. The average molecular weight is 285 g/mol. The van der Waals surface area contributed by atoms with Gasteiger partial charge in [-0.15, -0.1) is 11.3 Å². The zero-order valence-electron chi connectivity index (χ0n) is 9.61. The van der Waals surface area contributed by atoms with Gasteiger partial charge in [-0.2, -0.15) is 4.98 Å². The third kappa shape index (κ3) is 2.06. The molecule has 0 radical (unpaired) electrons. The Morgan fingerprint density at radius 1 is 1.50 bits per heavy atom. The zero-order chi connectivity index (χ0) is 12.8. The molecule has 0 atom stereocenters. The van der Waals surface area contributed by atoms with Gasteiger partial charge < -0.3 is 4.52 Å².